The quantitative estimate of drug-likeness (QED) is 0.198. The summed E-state index contributed by atoms with van der Waals surface area (Å²) in [6, 6.07) is 33.6. The van der Waals surface area contributed by atoms with Crippen LogP contribution in [0, 0.1) is 5.92 Å². The molecular weight excluding hydrogens is 538 g/mol. The van der Waals surface area contributed by atoms with Crippen molar-refractivity contribution in [3.8, 4) is 5.75 Å². The second-order valence-electron chi connectivity index (χ2n) is 11.5. The van der Waals surface area contributed by atoms with E-state index in [1.807, 2.05) is 23.1 Å². The summed E-state index contributed by atoms with van der Waals surface area (Å²) in [5.74, 6) is 1.23. The van der Waals surface area contributed by atoms with E-state index in [1.165, 1.54) is 21.9 Å². The molecule has 2 heterocycles. The van der Waals surface area contributed by atoms with Gasteiger partial charge in [0.05, 0.1) is 32.5 Å². The molecule has 0 bridgehead atoms. The molecule has 0 spiro atoms. The van der Waals surface area contributed by atoms with Crippen LogP contribution < -0.4 is 15.4 Å². The first-order valence-corrected chi connectivity index (χ1v) is 15.4. The Morgan fingerprint density at radius 2 is 1.60 bits per heavy atom. The molecule has 3 atom stereocenters. The smallest absolute Gasteiger partial charge is 0.317 e. The van der Waals surface area contributed by atoms with Crippen LogP contribution in [-0.4, -0.2) is 63.0 Å². The van der Waals surface area contributed by atoms with Crippen molar-refractivity contribution in [2.24, 2.45) is 5.92 Å². The van der Waals surface area contributed by atoms with Crippen LogP contribution in [0.4, 0.5) is 4.79 Å². The summed E-state index contributed by atoms with van der Waals surface area (Å²) >= 11 is 0. The van der Waals surface area contributed by atoms with E-state index >= 15 is 0 Å². The molecule has 7 heteroatoms. The number of fused-ring (bicyclic) bond motifs is 1. The van der Waals surface area contributed by atoms with Gasteiger partial charge in [-0.3, -0.25) is 0 Å². The molecule has 0 aromatic heterocycles. The minimum atomic E-state index is -0.0237. The third-order valence-electron chi connectivity index (χ3n) is 8.42. The average molecular weight is 580 g/mol. The van der Waals surface area contributed by atoms with Gasteiger partial charge in [0, 0.05) is 45.1 Å². The highest BCUT2D eigenvalue weighted by atomic mass is 16.5. The molecule has 2 amide bonds. The van der Waals surface area contributed by atoms with Gasteiger partial charge >= 0.3 is 6.03 Å². The van der Waals surface area contributed by atoms with Crippen LogP contribution in [0.15, 0.2) is 97.1 Å². The van der Waals surface area contributed by atoms with E-state index in [4.69, 9.17) is 14.2 Å². The van der Waals surface area contributed by atoms with Crippen molar-refractivity contribution in [2.75, 3.05) is 45.9 Å². The second-order valence-corrected chi connectivity index (χ2v) is 11.5. The average Bonchev–Trinajstić information content (AvgIpc) is 3.46. The number of ether oxygens (including phenoxy) is 3. The number of rotatable bonds is 13. The number of amides is 2. The van der Waals surface area contributed by atoms with Crippen LogP contribution >= 0.6 is 0 Å². The summed E-state index contributed by atoms with van der Waals surface area (Å²) in [5.41, 5.74) is 3.56. The first-order chi connectivity index (χ1) is 21.2. The van der Waals surface area contributed by atoms with Crippen molar-refractivity contribution in [1.29, 1.82) is 0 Å². The number of carbonyl (C=O) groups excluding carboxylic acids is 1. The fourth-order valence-electron chi connectivity index (χ4n) is 6.20. The van der Waals surface area contributed by atoms with E-state index < -0.39 is 0 Å². The molecule has 2 aliphatic heterocycles. The highest BCUT2D eigenvalue weighted by molar-refractivity contribution is 5.83. The van der Waals surface area contributed by atoms with E-state index in [1.54, 1.807) is 0 Å². The molecule has 0 radical (unpaired) electrons. The normalized spacial score (nSPS) is 20.3. The van der Waals surface area contributed by atoms with Crippen LogP contribution in [0.25, 0.3) is 10.8 Å². The molecule has 2 N–H and O–H groups in total. The predicted octanol–water partition coefficient (Wildman–Crippen LogP) is 5.74. The molecule has 7 nitrogen and oxygen atoms in total. The van der Waals surface area contributed by atoms with E-state index in [2.05, 4.69) is 89.5 Å². The fraction of sp³-hybridized carbons (Fsp3) is 0.361. The molecule has 0 unspecified atom stereocenters. The standard InChI is InChI=1S/C36H41N3O4/c40-36-38-17-18-39(36)24-32-22-37-23-34(43-26-28-11-12-29-9-4-5-10-31(29)21-28)35(32)30-13-15-33(16-14-30)42-20-6-19-41-25-27-7-2-1-3-8-27/h1-5,7-16,21,32,34-35,37H,6,17-20,22-26H2,(H,38,40)/t32-,34-,35-/m0/s1. The molecule has 2 fully saturated rings. The van der Waals surface area contributed by atoms with Gasteiger partial charge in [-0.05, 0) is 51.6 Å². The molecule has 43 heavy (non-hydrogen) atoms. The fourth-order valence-corrected chi connectivity index (χ4v) is 6.20. The summed E-state index contributed by atoms with van der Waals surface area (Å²) in [6.07, 6.45) is 0.803. The number of benzene rings is 4. The lowest BCUT2D eigenvalue weighted by molar-refractivity contribution is -0.00912. The summed E-state index contributed by atoms with van der Waals surface area (Å²) in [7, 11) is 0. The number of hydrogen-bond donors (Lipinski definition) is 2. The highest BCUT2D eigenvalue weighted by Crippen LogP contribution is 2.35. The lowest BCUT2D eigenvalue weighted by Crippen LogP contribution is -2.50. The maximum Gasteiger partial charge on any atom is 0.317 e. The Bertz CT molecular complexity index is 1460. The molecule has 4 aromatic rings. The van der Waals surface area contributed by atoms with Gasteiger partial charge in [-0.2, -0.15) is 0 Å². The van der Waals surface area contributed by atoms with Crippen LogP contribution in [0.2, 0.25) is 0 Å². The first-order valence-electron chi connectivity index (χ1n) is 15.4. The Kier molecular flexibility index (Phi) is 9.85. The Balaban J connectivity index is 1.08. The van der Waals surface area contributed by atoms with Crippen molar-refractivity contribution >= 4 is 16.8 Å². The number of piperidine rings is 1. The minimum absolute atomic E-state index is 0.0226. The van der Waals surface area contributed by atoms with Gasteiger partial charge in [0.15, 0.2) is 0 Å². The molecule has 224 valence electrons. The zero-order valence-electron chi connectivity index (χ0n) is 24.6. The van der Waals surface area contributed by atoms with E-state index in [0.29, 0.717) is 39.5 Å². The zero-order valence-corrected chi connectivity index (χ0v) is 24.6. The highest BCUT2D eigenvalue weighted by Gasteiger charge is 2.37. The van der Waals surface area contributed by atoms with Crippen LogP contribution in [-0.2, 0) is 22.7 Å². The Morgan fingerprint density at radius 3 is 2.42 bits per heavy atom. The van der Waals surface area contributed by atoms with Crippen molar-refractivity contribution < 1.29 is 19.0 Å². The topological polar surface area (TPSA) is 72.1 Å². The second kappa shape index (κ2) is 14.5. The SMILES string of the molecule is O=C1NCCN1C[C@@H]1CNC[C@H](OCc2ccc3ccccc3c2)[C@H]1c1ccc(OCCCOCc2ccccc2)cc1. The van der Waals surface area contributed by atoms with Gasteiger partial charge in [0.2, 0.25) is 0 Å². The van der Waals surface area contributed by atoms with Crippen LogP contribution in [0.1, 0.15) is 29.0 Å². The van der Waals surface area contributed by atoms with Gasteiger partial charge in [-0.1, -0.05) is 78.9 Å². The van der Waals surface area contributed by atoms with Crippen LogP contribution in [0.3, 0.4) is 0 Å². The van der Waals surface area contributed by atoms with E-state index in [9.17, 15) is 4.79 Å². The number of urea groups is 1. The zero-order chi connectivity index (χ0) is 29.3. The van der Waals surface area contributed by atoms with Crippen molar-refractivity contribution in [2.45, 2.75) is 31.7 Å². The Labute approximate surface area is 254 Å². The number of nitrogens with zero attached hydrogens (tertiary/aromatic N) is 1. The van der Waals surface area contributed by atoms with Gasteiger partial charge in [0.25, 0.3) is 0 Å². The summed E-state index contributed by atoms with van der Waals surface area (Å²) in [6.45, 7) is 6.17. The summed E-state index contributed by atoms with van der Waals surface area (Å²) in [4.78, 5) is 14.3. The maximum absolute atomic E-state index is 12.4. The van der Waals surface area contributed by atoms with Gasteiger partial charge in [-0.25, -0.2) is 4.79 Å². The first kappa shape index (κ1) is 29.2. The summed E-state index contributed by atoms with van der Waals surface area (Å²) < 4.78 is 18.5. The molecule has 0 saturated carbocycles. The van der Waals surface area contributed by atoms with Crippen molar-refractivity contribution in [3.05, 3.63) is 114 Å². The van der Waals surface area contributed by atoms with Gasteiger partial charge in [-0.15, -0.1) is 0 Å². The van der Waals surface area contributed by atoms with E-state index in [-0.39, 0.29) is 24.0 Å². The van der Waals surface area contributed by atoms with Gasteiger partial charge in [0.1, 0.15) is 5.75 Å². The minimum Gasteiger partial charge on any atom is -0.494 e. The molecule has 2 aliphatic rings. The molecular formula is C36H41N3O4. The predicted molar refractivity (Wildman–Crippen MR) is 169 cm³/mol. The largest absolute Gasteiger partial charge is 0.494 e. The molecule has 6 rings (SSSR count). The molecule has 0 aliphatic carbocycles. The number of nitrogens with one attached hydrogen (secondary N) is 2. The summed E-state index contributed by atoms with van der Waals surface area (Å²) in [5, 5.41) is 8.98. The van der Waals surface area contributed by atoms with Crippen molar-refractivity contribution in [1.82, 2.24) is 15.5 Å². The van der Waals surface area contributed by atoms with Crippen LogP contribution in [0.5, 0.6) is 5.75 Å². The maximum atomic E-state index is 12.4. The lowest BCUT2D eigenvalue weighted by Gasteiger charge is -2.40. The Hall–Kier alpha value is -3.91. The Morgan fingerprint density at radius 1 is 0.791 bits per heavy atom. The third kappa shape index (κ3) is 7.73. The third-order valence-corrected chi connectivity index (χ3v) is 8.42. The van der Waals surface area contributed by atoms with E-state index in [0.717, 1.165) is 37.4 Å². The number of hydrogen-bond acceptors (Lipinski definition) is 5. The number of carbonyl (C=O) groups is 1. The molecule has 4 aromatic carbocycles. The van der Waals surface area contributed by atoms with Gasteiger partial charge < -0.3 is 29.7 Å². The molecule has 2 saturated heterocycles. The monoisotopic (exact) mass is 579 g/mol. The van der Waals surface area contributed by atoms with Crippen molar-refractivity contribution in [3.63, 3.8) is 0 Å². The lowest BCUT2D eigenvalue weighted by atomic mass is 9.78.